The van der Waals surface area contributed by atoms with E-state index < -0.39 is 0 Å². The summed E-state index contributed by atoms with van der Waals surface area (Å²) in [5, 5.41) is 9.56. The highest BCUT2D eigenvalue weighted by atomic mass is 16.5. The van der Waals surface area contributed by atoms with E-state index in [0.29, 0.717) is 17.2 Å². The molecule has 1 heterocycles. The van der Waals surface area contributed by atoms with Crippen molar-refractivity contribution in [1.29, 1.82) is 0 Å². The molecule has 1 aliphatic rings. The summed E-state index contributed by atoms with van der Waals surface area (Å²) in [5.74, 6) is 1.91. The lowest BCUT2D eigenvalue weighted by molar-refractivity contribution is 0.145. The summed E-state index contributed by atoms with van der Waals surface area (Å²) < 4.78 is 16.0. The Morgan fingerprint density at radius 1 is 1.00 bits per heavy atom. The van der Waals surface area contributed by atoms with Gasteiger partial charge in [-0.3, -0.25) is 0 Å². The van der Waals surface area contributed by atoms with Gasteiger partial charge < -0.3 is 24.2 Å². The number of anilines is 1. The zero-order chi connectivity index (χ0) is 13.8. The SMILES string of the molecule is COc1cc(N2CCC(O)CC2)cc(OC)c1OC. The second-order valence-corrected chi connectivity index (χ2v) is 4.60. The van der Waals surface area contributed by atoms with Gasteiger partial charge in [-0.1, -0.05) is 0 Å². The maximum absolute atomic E-state index is 9.56. The fourth-order valence-corrected chi connectivity index (χ4v) is 2.37. The van der Waals surface area contributed by atoms with Crippen LogP contribution < -0.4 is 19.1 Å². The fourth-order valence-electron chi connectivity index (χ4n) is 2.37. The highest BCUT2D eigenvalue weighted by molar-refractivity contribution is 5.63. The van der Waals surface area contributed by atoms with E-state index in [-0.39, 0.29) is 6.10 Å². The Morgan fingerprint density at radius 2 is 1.53 bits per heavy atom. The molecule has 0 aromatic heterocycles. The number of aliphatic hydroxyl groups is 1. The van der Waals surface area contributed by atoms with Crippen LogP contribution in [0.1, 0.15) is 12.8 Å². The van der Waals surface area contributed by atoms with Gasteiger partial charge in [-0.15, -0.1) is 0 Å². The summed E-state index contributed by atoms with van der Waals surface area (Å²) in [6, 6.07) is 3.89. The number of ether oxygens (including phenoxy) is 3. The molecule has 1 aromatic rings. The third-order valence-corrected chi connectivity index (χ3v) is 3.48. The number of nitrogens with zero attached hydrogens (tertiary/aromatic N) is 1. The van der Waals surface area contributed by atoms with E-state index in [1.54, 1.807) is 21.3 Å². The molecule has 1 saturated heterocycles. The summed E-state index contributed by atoms with van der Waals surface area (Å²) in [6.45, 7) is 1.67. The first-order valence-corrected chi connectivity index (χ1v) is 6.42. The Bertz CT molecular complexity index is 402. The molecule has 1 aliphatic heterocycles. The van der Waals surface area contributed by atoms with Gasteiger partial charge in [0.15, 0.2) is 11.5 Å². The molecule has 1 fully saturated rings. The van der Waals surface area contributed by atoms with Gasteiger partial charge in [-0.25, -0.2) is 0 Å². The number of hydrogen-bond acceptors (Lipinski definition) is 5. The summed E-state index contributed by atoms with van der Waals surface area (Å²) >= 11 is 0. The Hall–Kier alpha value is -1.62. The molecule has 5 heteroatoms. The first kappa shape index (κ1) is 13.8. The number of hydrogen-bond donors (Lipinski definition) is 1. The number of methoxy groups -OCH3 is 3. The van der Waals surface area contributed by atoms with Crippen LogP contribution in [0.2, 0.25) is 0 Å². The Morgan fingerprint density at radius 3 is 1.95 bits per heavy atom. The maximum Gasteiger partial charge on any atom is 0.203 e. The summed E-state index contributed by atoms with van der Waals surface area (Å²) in [7, 11) is 4.82. The molecule has 0 spiro atoms. The molecule has 0 unspecified atom stereocenters. The maximum atomic E-state index is 9.56. The number of rotatable bonds is 4. The molecule has 0 atom stereocenters. The van der Waals surface area contributed by atoms with Crippen LogP contribution in [0.3, 0.4) is 0 Å². The first-order valence-electron chi connectivity index (χ1n) is 6.42. The molecular formula is C14H21NO4. The largest absolute Gasteiger partial charge is 0.493 e. The second-order valence-electron chi connectivity index (χ2n) is 4.60. The van der Waals surface area contributed by atoms with Crippen molar-refractivity contribution in [1.82, 2.24) is 0 Å². The van der Waals surface area contributed by atoms with Crippen molar-refractivity contribution in [3.63, 3.8) is 0 Å². The minimum Gasteiger partial charge on any atom is -0.493 e. The van der Waals surface area contributed by atoms with Crippen molar-refractivity contribution in [2.75, 3.05) is 39.3 Å². The number of piperidine rings is 1. The van der Waals surface area contributed by atoms with Crippen molar-refractivity contribution in [3.8, 4) is 17.2 Å². The molecule has 0 amide bonds. The standard InChI is InChI=1S/C14H21NO4/c1-17-12-8-10(9-13(18-2)14(12)19-3)15-6-4-11(16)5-7-15/h8-9,11,16H,4-7H2,1-3H3. The van der Waals surface area contributed by atoms with E-state index in [1.165, 1.54) is 0 Å². The van der Waals surface area contributed by atoms with Crippen LogP contribution in [0.5, 0.6) is 17.2 Å². The van der Waals surface area contributed by atoms with Crippen molar-refractivity contribution in [2.24, 2.45) is 0 Å². The average molecular weight is 267 g/mol. The molecule has 2 rings (SSSR count). The molecule has 0 radical (unpaired) electrons. The molecule has 19 heavy (non-hydrogen) atoms. The second kappa shape index (κ2) is 6.02. The monoisotopic (exact) mass is 267 g/mol. The van der Waals surface area contributed by atoms with Crippen LogP contribution in [0.4, 0.5) is 5.69 Å². The molecule has 1 N–H and O–H groups in total. The van der Waals surface area contributed by atoms with E-state index in [9.17, 15) is 5.11 Å². The minimum atomic E-state index is -0.182. The van der Waals surface area contributed by atoms with Crippen LogP contribution in [0, 0.1) is 0 Å². The fraction of sp³-hybridized carbons (Fsp3) is 0.571. The molecule has 0 bridgehead atoms. The topological polar surface area (TPSA) is 51.2 Å². The predicted octanol–water partition coefficient (Wildman–Crippen LogP) is 1.67. The van der Waals surface area contributed by atoms with E-state index in [4.69, 9.17) is 14.2 Å². The van der Waals surface area contributed by atoms with Gasteiger partial charge in [-0.05, 0) is 12.8 Å². The molecule has 0 saturated carbocycles. The molecule has 106 valence electrons. The zero-order valence-electron chi connectivity index (χ0n) is 11.7. The smallest absolute Gasteiger partial charge is 0.203 e. The Kier molecular flexibility index (Phi) is 4.37. The zero-order valence-corrected chi connectivity index (χ0v) is 11.7. The van der Waals surface area contributed by atoms with Crippen molar-refractivity contribution in [2.45, 2.75) is 18.9 Å². The molecule has 5 nitrogen and oxygen atoms in total. The molecule has 1 aromatic carbocycles. The predicted molar refractivity (Wildman–Crippen MR) is 73.6 cm³/mol. The van der Waals surface area contributed by atoms with E-state index in [1.807, 2.05) is 12.1 Å². The van der Waals surface area contributed by atoms with Crippen molar-refractivity contribution < 1.29 is 19.3 Å². The van der Waals surface area contributed by atoms with Crippen LogP contribution in [0.15, 0.2) is 12.1 Å². The van der Waals surface area contributed by atoms with Crippen LogP contribution in [-0.4, -0.2) is 45.6 Å². The van der Waals surface area contributed by atoms with Gasteiger partial charge in [0.1, 0.15) is 0 Å². The lowest BCUT2D eigenvalue weighted by Gasteiger charge is -2.32. The Balaban J connectivity index is 2.30. The van der Waals surface area contributed by atoms with Crippen molar-refractivity contribution in [3.05, 3.63) is 12.1 Å². The van der Waals surface area contributed by atoms with Crippen LogP contribution >= 0.6 is 0 Å². The van der Waals surface area contributed by atoms with Crippen LogP contribution in [-0.2, 0) is 0 Å². The van der Waals surface area contributed by atoms with Gasteiger partial charge >= 0.3 is 0 Å². The van der Waals surface area contributed by atoms with Gasteiger partial charge in [0, 0.05) is 30.9 Å². The molecule has 0 aliphatic carbocycles. The van der Waals surface area contributed by atoms with Crippen LogP contribution in [0.25, 0.3) is 0 Å². The summed E-state index contributed by atoms with van der Waals surface area (Å²) in [4.78, 5) is 2.22. The third kappa shape index (κ3) is 2.87. The summed E-state index contributed by atoms with van der Waals surface area (Å²) in [6.07, 6.45) is 1.39. The van der Waals surface area contributed by atoms with Gasteiger partial charge in [-0.2, -0.15) is 0 Å². The first-order chi connectivity index (χ1) is 9.19. The average Bonchev–Trinajstić information content (AvgIpc) is 2.46. The number of benzene rings is 1. The Labute approximate surface area is 113 Å². The normalized spacial score (nSPS) is 16.3. The number of aliphatic hydroxyl groups excluding tert-OH is 1. The molecular weight excluding hydrogens is 246 g/mol. The third-order valence-electron chi connectivity index (χ3n) is 3.48. The van der Waals surface area contributed by atoms with E-state index in [2.05, 4.69) is 4.90 Å². The van der Waals surface area contributed by atoms with E-state index in [0.717, 1.165) is 31.6 Å². The summed E-state index contributed by atoms with van der Waals surface area (Å²) in [5.41, 5.74) is 1.03. The van der Waals surface area contributed by atoms with Gasteiger partial charge in [0.05, 0.1) is 27.4 Å². The van der Waals surface area contributed by atoms with Gasteiger partial charge in [0.2, 0.25) is 5.75 Å². The highest BCUT2D eigenvalue weighted by Gasteiger charge is 2.20. The minimum absolute atomic E-state index is 0.182. The quantitative estimate of drug-likeness (QED) is 0.899. The lowest BCUT2D eigenvalue weighted by atomic mass is 10.1. The van der Waals surface area contributed by atoms with E-state index >= 15 is 0 Å². The lowest BCUT2D eigenvalue weighted by Crippen LogP contribution is -2.35. The van der Waals surface area contributed by atoms with Crippen molar-refractivity contribution >= 4 is 5.69 Å². The highest BCUT2D eigenvalue weighted by Crippen LogP contribution is 2.41. The van der Waals surface area contributed by atoms with Gasteiger partial charge in [0.25, 0.3) is 0 Å².